The molecule has 0 atom stereocenters. The van der Waals surface area contributed by atoms with Gasteiger partial charge in [0.2, 0.25) is 0 Å². The number of amides is 1. The number of fused-ring (bicyclic) bond motifs is 1. The zero-order chi connectivity index (χ0) is 20.5. The van der Waals surface area contributed by atoms with Crippen LogP contribution in [0.2, 0.25) is 0 Å². The molecule has 29 heavy (non-hydrogen) atoms. The van der Waals surface area contributed by atoms with Gasteiger partial charge in [-0.3, -0.25) is 4.79 Å². The SMILES string of the molecule is COc1ccc(-n2nc(C(=O)O)c3c2C(=O)N(c2ccc(C#N)cc2)CC3)cc1. The van der Waals surface area contributed by atoms with Crippen molar-refractivity contribution in [3.05, 3.63) is 71.0 Å². The van der Waals surface area contributed by atoms with E-state index in [1.807, 2.05) is 6.07 Å². The van der Waals surface area contributed by atoms with Gasteiger partial charge >= 0.3 is 5.97 Å². The summed E-state index contributed by atoms with van der Waals surface area (Å²) in [4.78, 5) is 26.6. The minimum Gasteiger partial charge on any atom is -0.497 e. The first kappa shape index (κ1) is 18.3. The molecule has 0 saturated heterocycles. The van der Waals surface area contributed by atoms with Crippen LogP contribution < -0.4 is 9.64 Å². The Morgan fingerprint density at radius 1 is 1.14 bits per heavy atom. The summed E-state index contributed by atoms with van der Waals surface area (Å²) in [6.45, 7) is 0.326. The number of benzene rings is 2. The average molecular weight is 388 g/mol. The summed E-state index contributed by atoms with van der Waals surface area (Å²) in [6, 6.07) is 15.6. The molecule has 144 valence electrons. The minimum atomic E-state index is -1.17. The van der Waals surface area contributed by atoms with Crippen molar-refractivity contribution in [1.29, 1.82) is 5.26 Å². The van der Waals surface area contributed by atoms with Gasteiger partial charge in [-0.25, -0.2) is 9.48 Å². The summed E-state index contributed by atoms with van der Waals surface area (Å²) in [6.07, 6.45) is 0.360. The molecule has 8 heteroatoms. The number of aromatic carboxylic acids is 1. The molecule has 1 amide bonds. The van der Waals surface area contributed by atoms with E-state index in [1.54, 1.807) is 60.5 Å². The number of rotatable bonds is 4. The maximum Gasteiger partial charge on any atom is 0.356 e. The molecular weight excluding hydrogens is 372 g/mol. The fourth-order valence-electron chi connectivity index (χ4n) is 3.40. The maximum atomic E-state index is 13.3. The second kappa shape index (κ2) is 7.13. The molecule has 0 radical (unpaired) electrons. The first-order valence-corrected chi connectivity index (χ1v) is 8.85. The molecule has 1 N–H and O–H groups in total. The number of carbonyl (C=O) groups is 2. The van der Waals surface area contributed by atoms with Gasteiger partial charge in [0.05, 0.1) is 24.4 Å². The number of anilines is 1. The summed E-state index contributed by atoms with van der Waals surface area (Å²) in [5.74, 6) is -0.876. The number of aromatic nitrogens is 2. The zero-order valence-corrected chi connectivity index (χ0v) is 15.5. The lowest BCUT2D eigenvalue weighted by Crippen LogP contribution is -2.39. The van der Waals surface area contributed by atoms with Crippen molar-refractivity contribution in [2.75, 3.05) is 18.6 Å². The van der Waals surface area contributed by atoms with Crippen LogP contribution in [0.15, 0.2) is 48.5 Å². The van der Waals surface area contributed by atoms with Crippen LogP contribution in [0.25, 0.3) is 5.69 Å². The predicted molar refractivity (Wildman–Crippen MR) is 104 cm³/mol. The molecule has 4 rings (SSSR count). The van der Waals surface area contributed by atoms with Crippen LogP contribution in [0.1, 0.15) is 32.1 Å². The van der Waals surface area contributed by atoms with E-state index in [0.29, 0.717) is 41.2 Å². The van der Waals surface area contributed by atoms with Crippen LogP contribution in [-0.4, -0.2) is 40.4 Å². The van der Waals surface area contributed by atoms with E-state index in [9.17, 15) is 14.7 Å². The van der Waals surface area contributed by atoms with Gasteiger partial charge in [-0.1, -0.05) is 0 Å². The highest BCUT2D eigenvalue weighted by atomic mass is 16.5. The van der Waals surface area contributed by atoms with Gasteiger partial charge in [0.15, 0.2) is 5.69 Å². The number of hydrogen-bond donors (Lipinski definition) is 1. The van der Waals surface area contributed by atoms with Gasteiger partial charge in [0, 0.05) is 17.8 Å². The standard InChI is InChI=1S/C21H16N4O4/c1-29-16-8-6-15(7-9-16)25-19-17(18(23-25)21(27)28)10-11-24(20(19)26)14-4-2-13(12-22)3-5-14/h2-9H,10-11H2,1H3,(H,27,28). The Kier molecular flexibility index (Phi) is 4.49. The van der Waals surface area contributed by atoms with E-state index >= 15 is 0 Å². The highest BCUT2D eigenvalue weighted by Gasteiger charge is 2.35. The third kappa shape index (κ3) is 3.08. The van der Waals surface area contributed by atoms with Crippen LogP contribution >= 0.6 is 0 Å². The third-order valence-electron chi connectivity index (χ3n) is 4.84. The van der Waals surface area contributed by atoms with Gasteiger partial charge in [0.1, 0.15) is 11.4 Å². The van der Waals surface area contributed by atoms with Crippen LogP contribution in [0.5, 0.6) is 5.75 Å². The van der Waals surface area contributed by atoms with Gasteiger partial charge in [-0.2, -0.15) is 10.4 Å². The molecule has 1 aliphatic heterocycles. The summed E-state index contributed by atoms with van der Waals surface area (Å²) >= 11 is 0. The average Bonchev–Trinajstić information content (AvgIpc) is 3.15. The molecule has 1 aromatic heterocycles. The van der Waals surface area contributed by atoms with Crippen LogP contribution in [0, 0.1) is 11.3 Å². The summed E-state index contributed by atoms with van der Waals surface area (Å²) in [5, 5.41) is 22.7. The molecule has 0 unspecified atom stereocenters. The number of hydrogen-bond acceptors (Lipinski definition) is 5. The second-order valence-corrected chi connectivity index (χ2v) is 6.46. The number of ether oxygens (including phenoxy) is 1. The highest BCUT2D eigenvalue weighted by Crippen LogP contribution is 2.29. The van der Waals surface area contributed by atoms with E-state index in [0.717, 1.165) is 0 Å². The van der Waals surface area contributed by atoms with Crippen molar-refractivity contribution < 1.29 is 19.4 Å². The van der Waals surface area contributed by atoms with Crippen molar-refractivity contribution in [2.45, 2.75) is 6.42 Å². The zero-order valence-electron chi connectivity index (χ0n) is 15.5. The quantitative estimate of drug-likeness (QED) is 0.736. The highest BCUT2D eigenvalue weighted by molar-refractivity contribution is 6.09. The number of carboxylic acids is 1. The van der Waals surface area contributed by atoms with Crippen molar-refractivity contribution in [2.24, 2.45) is 0 Å². The molecule has 8 nitrogen and oxygen atoms in total. The van der Waals surface area contributed by atoms with Crippen LogP contribution in [0.4, 0.5) is 5.69 Å². The number of methoxy groups -OCH3 is 1. The number of nitriles is 1. The molecule has 0 fully saturated rings. The summed E-state index contributed by atoms with van der Waals surface area (Å²) in [5.41, 5.74) is 2.22. The first-order valence-electron chi connectivity index (χ1n) is 8.85. The Morgan fingerprint density at radius 2 is 1.79 bits per heavy atom. The Labute approximate surface area is 166 Å². The summed E-state index contributed by atoms with van der Waals surface area (Å²) < 4.78 is 6.53. The molecule has 2 heterocycles. The van der Waals surface area contributed by atoms with Crippen molar-refractivity contribution >= 4 is 17.6 Å². The third-order valence-corrected chi connectivity index (χ3v) is 4.84. The van der Waals surface area contributed by atoms with Gasteiger partial charge in [-0.05, 0) is 55.0 Å². The van der Waals surface area contributed by atoms with Gasteiger partial charge in [0.25, 0.3) is 5.91 Å². The Balaban J connectivity index is 1.81. The Bertz CT molecular complexity index is 1140. The maximum absolute atomic E-state index is 13.3. The van der Waals surface area contributed by atoms with Crippen molar-refractivity contribution in [3.63, 3.8) is 0 Å². The molecule has 0 aliphatic carbocycles. The van der Waals surface area contributed by atoms with E-state index in [4.69, 9.17) is 10.00 Å². The molecular formula is C21H16N4O4. The molecule has 2 aromatic carbocycles. The topological polar surface area (TPSA) is 108 Å². The van der Waals surface area contributed by atoms with E-state index in [1.165, 1.54) is 4.68 Å². The molecule has 1 aliphatic rings. The Hall–Kier alpha value is -4.12. The smallest absolute Gasteiger partial charge is 0.356 e. The van der Waals surface area contributed by atoms with E-state index < -0.39 is 5.97 Å². The Morgan fingerprint density at radius 3 is 2.38 bits per heavy atom. The molecule has 3 aromatic rings. The fourth-order valence-corrected chi connectivity index (χ4v) is 3.40. The monoisotopic (exact) mass is 388 g/mol. The molecule has 0 saturated carbocycles. The lowest BCUT2D eigenvalue weighted by molar-refractivity contribution is 0.0688. The first-order chi connectivity index (χ1) is 14.0. The van der Waals surface area contributed by atoms with Gasteiger partial charge < -0.3 is 14.7 Å². The van der Waals surface area contributed by atoms with Crippen molar-refractivity contribution in [3.8, 4) is 17.5 Å². The van der Waals surface area contributed by atoms with Crippen LogP contribution in [0.3, 0.4) is 0 Å². The number of carbonyl (C=O) groups excluding carboxylic acids is 1. The largest absolute Gasteiger partial charge is 0.497 e. The normalized spacial score (nSPS) is 13.0. The second-order valence-electron chi connectivity index (χ2n) is 6.46. The van der Waals surface area contributed by atoms with Gasteiger partial charge in [-0.15, -0.1) is 0 Å². The number of carboxylic acid groups (broad SMARTS) is 1. The van der Waals surface area contributed by atoms with E-state index in [2.05, 4.69) is 5.10 Å². The molecule has 0 spiro atoms. The van der Waals surface area contributed by atoms with Crippen molar-refractivity contribution in [1.82, 2.24) is 9.78 Å². The molecule has 0 bridgehead atoms. The summed E-state index contributed by atoms with van der Waals surface area (Å²) in [7, 11) is 1.55. The minimum absolute atomic E-state index is 0.122. The lowest BCUT2D eigenvalue weighted by Gasteiger charge is -2.27. The lowest BCUT2D eigenvalue weighted by atomic mass is 10.0. The van der Waals surface area contributed by atoms with E-state index in [-0.39, 0.29) is 17.3 Å². The number of nitrogens with zero attached hydrogens (tertiary/aromatic N) is 4. The fraction of sp³-hybridized carbons (Fsp3) is 0.143. The van der Waals surface area contributed by atoms with Crippen LogP contribution in [-0.2, 0) is 6.42 Å². The predicted octanol–water partition coefficient (Wildman–Crippen LogP) is 2.65.